The maximum atomic E-state index is 12.7. The van der Waals surface area contributed by atoms with Gasteiger partial charge in [-0.25, -0.2) is 19.6 Å². The van der Waals surface area contributed by atoms with Gasteiger partial charge in [-0.05, 0) is 87.9 Å². The van der Waals surface area contributed by atoms with E-state index in [2.05, 4.69) is 27.7 Å². The largest absolute Gasteiger partial charge is 0.460 e. The van der Waals surface area contributed by atoms with Gasteiger partial charge in [0.2, 0.25) is 11.6 Å². The second kappa shape index (κ2) is 10.3. The first-order chi connectivity index (χ1) is 20.9. The van der Waals surface area contributed by atoms with E-state index in [-0.39, 0.29) is 47.8 Å². The summed E-state index contributed by atoms with van der Waals surface area (Å²) in [5, 5.41) is 0. The van der Waals surface area contributed by atoms with Crippen LogP contribution in [-0.2, 0) is 48.0 Å². The Kier molecular flexibility index (Phi) is 7.15. The van der Waals surface area contributed by atoms with Crippen LogP contribution in [0.2, 0.25) is 0 Å². The molecule has 10 heteroatoms. The van der Waals surface area contributed by atoms with Crippen LogP contribution in [0.4, 0.5) is 0 Å². The SMILES string of the molecule is CC(=O)O[C@@H](C[C@H]1O[C@@H]2O[C@]3(C)CC[C@H]4[C@H](C)CC[C@@H]([C@H]1C)C24OO3)C1O[C@@H]2O[C@]3(C)CC[C@H]4[C@H](C)CC[C@@H]([C@H]1C)C24OO3. The molecule has 2 saturated carbocycles. The summed E-state index contributed by atoms with van der Waals surface area (Å²) in [5.41, 5.74) is -1.30. The molecule has 0 radical (unpaired) electrons. The fraction of sp³-hybridized carbons (Fsp3) is 0.971. The highest BCUT2D eigenvalue weighted by molar-refractivity contribution is 5.66. The second-order valence-corrected chi connectivity index (χ2v) is 16.2. The average Bonchev–Trinajstić information content (AvgIpc) is 3.34. The highest BCUT2D eigenvalue weighted by atomic mass is 17.3. The Morgan fingerprint density at radius 1 is 0.705 bits per heavy atom. The summed E-state index contributed by atoms with van der Waals surface area (Å²) in [4.78, 5) is 37.4. The van der Waals surface area contributed by atoms with Crippen molar-refractivity contribution in [2.45, 2.75) is 160 Å². The van der Waals surface area contributed by atoms with Gasteiger partial charge < -0.3 is 23.7 Å². The Bertz CT molecular complexity index is 1150. The molecule has 10 rings (SSSR count). The van der Waals surface area contributed by atoms with Gasteiger partial charge in [-0.2, -0.15) is 0 Å². The topological polar surface area (TPSA) is 100 Å². The van der Waals surface area contributed by atoms with Crippen molar-refractivity contribution in [3.63, 3.8) is 0 Å². The molecule has 248 valence electrons. The zero-order valence-corrected chi connectivity index (χ0v) is 27.5. The third-order valence-corrected chi connectivity index (χ3v) is 13.7. The molecule has 0 aromatic heterocycles. The normalized spacial score (nSPS) is 58.2. The molecule has 0 aromatic carbocycles. The van der Waals surface area contributed by atoms with E-state index in [1.165, 1.54) is 6.92 Å². The lowest BCUT2D eigenvalue weighted by atomic mass is 9.56. The maximum absolute atomic E-state index is 12.7. The molecule has 8 aliphatic heterocycles. The van der Waals surface area contributed by atoms with Crippen molar-refractivity contribution in [1.82, 2.24) is 0 Å². The fourth-order valence-electron chi connectivity index (χ4n) is 11.3. The maximum Gasteiger partial charge on any atom is 0.302 e. The van der Waals surface area contributed by atoms with Crippen LogP contribution < -0.4 is 0 Å². The molecule has 2 spiro atoms. The van der Waals surface area contributed by atoms with Crippen molar-refractivity contribution in [3.8, 4) is 0 Å². The van der Waals surface area contributed by atoms with Crippen molar-refractivity contribution in [3.05, 3.63) is 0 Å². The number of carbonyl (C=O) groups is 1. The Hall–Kier alpha value is -0.850. The molecule has 44 heavy (non-hydrogen) atoms. The van der Waals surface area contributed by atoms with Gasteiger partial charge in [-0.15, -0.1) is 0 Å². The Balaban J connectivity index is 1.10. The molecule has 0 aromatic rings. The summed E-state index contributed by atoms with van der Waals surface area (Å²) in [7, 11) is 0. The van der Waals surface area contributed by atoms with Gasteiger partial charge in [0.15, 0.2) is 23.8 Å². The molecule has 10 aliphatic rings. The number of hydrogen-bond acceptors (Lipinski definition) is 10. The first-order valence-electron chi connectivity index (χ1n) is 17.5. The summed E-state index contributed by atoms with van der Waals surface area (Å²) in [6.45, 7) is 14.5. The Morgan fingerprint density at radius 3 is 1.77 bits per heavy atom. The number of esters is 1. The second-order valence-electron chi connectivity index (χ2n) is 16.2. The van der Waals surface area contributed by atoms with Crippen molar-refractivity contribution in [1.29, 1.82) is 0 Å². The van der Waals surface area contributed by atoms with Gasteiger partial charge in [0.1, 0.15) is 12.2 Å². The number of rotatable bonds is 4. The molecule has 10 fully saturated rings. The molecule has 0 N–H and O–H groups in total. The van der Waals surface area contributed by atoms with E-state index >= 15 is 0 Å². The van der Waals surface area contributed by atoms with Crippen LogP contribution in [0.5, 0.6) is 0 Å². The van der Waals surface area contributed by atoms with E-state index in [4.69, 9.17) is 43.2 Å². The lowest BCUT2D eigenvalue weighted by molar-refractivity contribution is -0.573. The summed E-state index contributed by atoms with van der Waals surface area (Å²) >= 11 is 0. The molecule has 0 amide bonds. The predicted octanol–water partition coefficient (Wildman–Crippen LogP) is 5.81. The van der Waals surface area contributed by atoms with Gasteiger partial charge in [0.05, 0.1) is 6.10 Å². The third-order valence-electron chi connectivity index (χ3n) is 13.7. The van der Waals surface area contributed by atoms with Gasteiger partial charge in [-0.3, -0.25) is 4.79 Å². The van der Waals surface area contributed by atoms with Crippen molar-refractivity contribution < 1.29 is 48.0 Å². The summed E-state index contributed by atoms with van der Waals surface area (Å²) < 4.78 is 33.3. The van der Waals surface area contributed by atoms with Crippen LogP contribution in [0.25, 0.3) is 0 Å². The van der Waals surface area contributed by atoms with Crippen molar-refractivity contribution in [2.75, 3.05) is 0 Å². The molecular formula is C34H52O10. The van der Waals surface area contributed by atoms with Crippen LogP contribution in [-0.4, -0.2) is 59.6 Å². The zero-order chi connectivity index (χ0) is 30.8. The quantitative estimate of drug-likeness (QED) is 0.283. The molecular weight excluding hydrogens is 568 g/mol. The molecule has 8 saturated heterocycles. The minimum Gasteiger partial charge on any atom is -0.460 e. The molecule has 2 aliphatic carbocycles. The van der Waals surface area contributed by atoms with Crippen LogP contribution in [0, 0.1) is 47.3 Å². The Morgan fingerprint density at radius 2 is 1.23 bits per heavy atom. The highest BCUT2D eigenvalue weighted by Gasteiger charge is 2.72. The van der Waals surface area contributed by atoms with E-state index in [1.54, 1.807) is 0 Å². The number of carbonyl (C=O) groups excluding carboxylic acids is 1. The molecule has 3 unspecified atom stereocenters. The van der Waals surface area contributed by atoms with Gasteiger partial charge in [0.25, 0.3) is 0 Å². The van der Waals surface area contributed by atoms with Gasteiger partial charge >= 0.3 is 5.97 Å². The number of ether oxygens (including phenoxy) is 5. The minimum atomic E-state index is -0.863. The Labute approximate surface area is 261 Å². The van der Waals surface area contributed by atoms with E-state index < -0.39 is 41.5 Å². The fourth-order valence-corrected chi connectivity index (χ4v) is 11.3. The van der Waals surface area contributed by atoms with E-state index in [0.29, 0.717) is 24.2 Å². The monoisotopic (exact) mass is 620 g/mol. The summed E-state index contributed by atoms with van der Waals surface area (Å²) in [6, 6.07) is 0. The molecule has 10 nitrogen and oxygen atoms in total. The van der Waals surface area contributed by atoms with E-state index in [1.807, 2.05) is 13.8 Å². The minimum absolute atomic E-state index is 0.0474. The van der Waals surface area contributed by atoms with E-state index in [0.717, 1.165) is 51.4 Å². The highest BCUT2D eigenvalue weighted by Crippen LogP contribution is 2.63. The lowest BCUT2D eigenvalue weighted by Crippen LogP contribution is -2.72. The first kappa shape index (κ1) is 30.5. The lowest BCUT2D eigenvalue weighted by Gasteiger charge is -2.62. The van der Waals surface area contributed by atoms with Crippen LogP contribution in [0.15, 0.2) is 0 Å². The molecule has 4 bridgehead atoms. The smallest absolute Gasteiger partial charge is 0.302 e. The van der Waals surface area contributed by atoms with Crippen molar-refractivity contribution >= 4 is 5.97 Å². The average molecular weight is 621 g/mol. The number of hydrogen-bond donors (Lipinski definition) is 0. The summed E-state index contributed by atoms with van der Waals surface area (Å²) in [6.07, 6.45) is 6.00. The van der Waals surface area contributed by atoms with Crippen LogP contribution in [0.1, 0.15) is 106 Å². The van der Waals surface area contributed by atoms with Crippen LogP contribution >= 0.6 is 0 Å². The predicted molar refractivity (Wildman–Crippen MR) is 154 cm³/mol. The van der Waals surface area contributed by atoms with Gasteiger partial charge in [0, 0.05) is 38.0 Å². The third kappa shape index (κ3) is 4.24. The molecule has 8 heterocycles. The summed E-state index contributed by atoms with van der Waals surface area (Å²) in [5.74, 6) is 0.0620. The van der Waals surface area contributed by atoms with E-state index in [9.17, 15) is 4.79 Å². The van der Waals surface area contributed by atoms with Crippen LogP contribution in [0.3, 0.4) is 0 Å². The first-order valence-corrected chi connectivity index (χ1v) is 17.5. The number of fused-ring (bicyclic) bond motifs is 4. The van der Waals surface area contributed by atoms with Crippen molar-refractivity contribution in [2.24, 2.45) is 47.3 Å². The zero-order valence-electron chi connectivity index (χ0n) is 27.5. The molecule has 17 atom stereocenters. The van der Waals surface area contributed by atoms with Gasteiger partial charge in [-0.1, -0.05) is 27.7 Å². The standard InChI is InChI=1S/C34H52O10/c1-17-8-10-24-19(3)26(37-29-33(24)22(17)12-14-31(6,39-29)41-43-33)16-27(36-21(5)35)28-20(4)25-11-9-18(2)23-13-15-32(7)40-30(38-28)34(23,25)44-42-32/h17-20,22-30H,8-16H2,1-7H3/t17-,18-,19-,20-,22+,23+,24+,25+,26-,27+,28?,29-,30-,31+,32+,33?,34?/m1/s1.